The summed E-state index contributed by atoms with van der Waals surface area (Å²) < 4.78 is 28.6. The number of hydrogen-bond donors (Lipinski definition) is 1. The van der Waals surface area contributed by atoms with E-state index in [1.54, 1.807) is 20.8 Å². The first-order valence-corrected chi connectivity index (χ1v) is 8.56. The van der Waals surface area contributed by atoms with E-state index in [9.17, 15) is 14.2 Å². The maximum absolute atomic E-state index is 12.7. The van der Waals surface area contributed by atoms with E-state index in [0.717, 1.165) is 4.52 Å². The number of H-pyrrole nitrogens is 1. The summed E-state index contributed by atoms with van der Waals surface area (Å²) >= 11 is 0. The van der Waals surface area contributed by atoms with Crippen LogP contribution in [-0.4, -0.2) is 45.6 Å². The van der Waals surface area contributed by atoms with Gasteiger partial charge < -0.3 is 13.8 Å². The van der Waals surface area contributed by atoms with Gasteiger partial charge in [-0.1, -0.05) is 0 Å². The first kappa shape index (κ1) is 17.3. The highest BCUT2D eigenvalue weighted by Crippen LogP contribution is 2.44. The minimum Gasteiger partial charge on any atom is -0.462 e. The van der Waals surface area contributed by atoms with Gasteiger partial charge in [0, 0.05) is 6.20 Å². The van der Waals surface area contributed by atoms with Crippen molar-refractivity contribution in [1.82, 2.24) is 19.8 Å². The Hall–Kier alpha value is -2.03. The average molecular weight is 344 g/mol. The summed E-state index contributed by atoms with van der Waals surface area (Å²) in [5.41, 5.74) is -1.20. The van der Waals surface area contributed by atoms with Gasteiger partial charge in [0.25, 0.3) is 0 Å². The Morgan fingerprint density at radius 2 is 1.87 bits per heavy atom. The summed E-state index contributed by atoms with van der Waals surface area (Å²) in [6.07, 6.45) is 1.26. The van der Waals surface area contributed by atoms with Gasteiger partial charge in [-0.3, -0.25) is 14.5 Å². The van der Waals surface area contributed by atoms with E-state index in [1.807, 2.05) is 0 Å². The Morgan fingerprint density at radius 1 is 1.22 bits per heavy atom. The first-order valence-electron chi connectivity index (χ1n) is 7.02. The molecule has 2 aromatic heterocycles. The number of carbonyl (C=O) groups excluding carboxylic acids is 1. The summed E-state index contributed by atoms with van der Waals surface area (Å²) in [6, 6.07) is 0. The molecule has 11 heteroatoms. The number of ether oxygens (including phenoxy) is 1. The summed E-state index contributed by atoms with van der Waals surface area (Å²) in [6.45, 7) is 5.20. The van der Waals surface area contributed by atoms with Crippen LogP contribution in [0.4, 0.5) is 0 Å². The van der Waals surface area contributed by atoms with Crippen molar-refractivity contribution in [3.63, 3.8) is 0 Å². The predicted octanol–water partition coefficient (Wildman–Crippen LogP) is 0.486. The lowest BCUT2D eigenvalue weighted by molar-refractivity contribution is 0.0528. The molecule has 0 saturated carbocycles. The van der Waals surface area contributed by atoms with Gasteiger partial charge in [-0.15, -0.1) is 10.2 Å². The SMILES string of the molecule is CCOC(=O)c1c[nH]n2c(=O)c(P(=O)(OCC)OCC)nnc12. The van der Waals surface area contributed by atoms with E-state index in [2.05, 4.69) is 15.3 Å². The Morgan fingerprint density at radius 3 is 2.43 bits per heavy atom. The number of aromatic amines is 1. The first-order chi connectivity index (χ1) is 11.0. The van der Waals surface area contributed by atoms with Crippen LogP contribution in [-0.2, 0) is 18.3 Å². The number of hydrogen-bond acceptors (Lipinski definition) is 8. The second-order valence-electron chi connectivity index (χ2n) is 4.23. The van der Waals surface area contributed by atoms with Crippen molar-refractivity contribution in [2.45, 2.75) is 20.8 Å². The highest BCUT2D eigenvalue weighted by molar-refractivity contribution is 7.61. The van der Waals surface area contributed by atoms with Crippen molar-refractivity contribution in [2.24, 2.45) is 0 Å². The zero-order valence-electron chi connectivity index (χ0n) is 12.9. The lowest BCUT2D eigenvalue weighted by Crippen LogP contribution is -2.36. The molecule has 126 valence electrons. The second-order valence-corrected chi connectivity index (χ2v) is 6.16. The Bertz CT molecular complexity index is 803. The molecule has 0 fully saturated rings. The van der Waals surface area contributed by atoms with Crippen molar-refractivity contribution in [1.29, 1.82) is 0 Å². The van der Waals surface area contributed by atoms with E-state index >= 15 is 0 Å². The third kappa shape index (κ3) is 3.19. The van der Waals surface area contributed by atoms with E-state index in [0.29, 0.717) is 0 Å². The summed E-state index contributed by atoms with van der Waals surface area (Å²) in [4.78, 5) is 24.3. The van der Waals surface area contributed by atoms with Crippen LogP contribution in [0.25, 0.3) is 5.65 Å². The molecule has 23 heavy (non-hydrogen) atoms. The largest absolute Gasteiger partial charge is 0.462 e. The minimum atomic E-state index is -3.88. The van der Waals surface area contributed by atoms with Crippen LogP contribution in [0, 0.1) is 0 Å². The molecule has 10 nitrogen and oxygen atoms in total. The number of carbonyl (C=O) groups is 1. The van der Waals surface area contributed by atoms with E-state index in [-0.39, 0.29) is 31.0 Å². The van der Waals surface area contributed by atoms with E-state index in [4.69, 9.17) is 13.8 Å². The molecule has 0 bridgehead atoms. The Balaban J connectivity index is 2.58. The van der Waals surface area contributed by atoms with E-state index in [1.165, 1.54) is 6.20 Å². The van der Waals surface area contributed by atoms with Gasteiger partial charge in [0.05, 0.1) is 19.8 Å². The van der Waals surface area contributed by atoms with Crippen molar-refractivity contribution in [3.05, 3.63) is 22.1 Å². The van der Waals surface area contributed by atoms with Gasteiger partial charge in [0.2, 0.25) is 5.44 Å². The van der Waals surface area contributed by atoms with Gasteiger partial charge >= 0.3 is 19.1 Å². The van der Waals surface area contributed by atoms with E-state index < -0.39 is 24.6 Å². The second kappa shape index (κ2) is 7.03. The van der Waals surface area contributed by atoms with Gasteiger partial charge in [-0.2, -0.15) is 4.52 Å². The minimum absolute atomic E-state index is 0.0308. The molecule has 0 saturated heterocycles. The maximum Gasteiger partial charge on any atom is 0.387 e. The number of fused-ring (bicyclic) bond motifs is 1. The van der Waals surface area contributed by atoms with Gasteiger partial charge in [-0.25, -0.2) is 4.79 Å². The summed E-state index contributed by atoms with van der Waals surface area (Å²) in [7, 11) is -3.88. The van der Waals surface area contributed by atoms with Crippen LogP contribution in [0.1, 0.15) is 31.1 Å². The van der Waals surface area contributed by atoms with Crippen molar-refractivity contribution >= 4 is 24.6 Å². The fourth-order valence-electron chi connectivity index (χ4n) is 1.90. The average Bonchev–Trinajstić information content (AvgIpc) is 2.93. The standard InChI is InChI=1S/C12H17N4O6P/c1-4-20-12(18)8-7-13-16-9(8)14-15-10(11(16)17)23(19,21-5-2)22-6-3/h7,13H,4-6H2,1-3H3. The zero-order valence-corrected chi connectivity index (χ0v) is 13.8. The normalized spacial score (nSPS) is 11.8. The van der Waals surface area contributed by atoms with Crippen LogP contribution < -0.4 is 11.0 Å². The number of esters is 1. The molecular weight excluding hydrogens is 327 g/mol. The van der Waals surface area contributed by atoms with Crippen LogP contribution in [0.3, 0.4) is 0 Å². The van der Waals surface area contributed by atoms with Crippen LogP contribution in [0.15, 0.2) is 11.0 Å². The molecule has 0 aliphatic heterocycles. The third-order valence-electron chi connectivity index (χ3n) is 2.78. The van der Waals surface area contributed by atoms with Gasteiger partial charge in [0.15, 0.2) is 5.65 Å². The van der Waals surface area contributed by atoms with Crippen molar-refractivity contribution in [3.8, 4) is 0 Å². The van der Waals surface area contributed by atoms with Gasteiger partial charge in [0.1, 0.15) is 5.56 Å². The summed E-state index contributed by atoms with van der Waals surface area (Å²) in [5.74, 6) is -0.648. The van der Waals surface area contributed by atoms with Crippen molar-refractivity contribution < 1.29 is 23.1 Å². The topological polar surface area (TPSA) is 125 Å². The van der Waals surface area contributed by atoms with Crippen molar-refractivity contribution in [2.75, 3.05) is 19.8 Å². The molecule has 2 heterocycles. The lowest BCUT2D eigenvalue weighted by atomic mass is 10.3. The maximum atomic E-state index is 12.7. The third-order valence-corrected chi connectivity index (χ3v) is 4.77. The number of rotatable bonds is 7. The fraction of sp³-hybridized carbons (Fsp3) is 0.500. The smallest absolute Gasteiger partial charge is 0.387 e. The molecule has 2 aromatic rings. The molecule has 2 rings (SSSR count). The number of aromatic nitrogens is 4. The molecular formula is C12H17N4O6P. The molecule has 0 aliphatic carbocycles. The predicted molar refractivity (Wildman–Crippen MR) is 80.1 cm³/mol. The molecule has 0 aliphatic rings. The highest BCUT2D eigenvalue weighted by Gasteiger charge is 2.34. The Kier molecular flexibility index (Phi) is 5.30. The lowest BCUT2D eigenvalue weighted by Gasteiger charge is -2.14. The monoisotopic (exact) mass is 344 g/mol. The quantitative estimate of drug-likeness (QED) is 0.568. The molecule has 0 atom stereocenters. The fourth-order valence-corrected chi connectivity index (χ4v) is 3.38. The summed E-state index contributed by atoms with van der Waals surface area (Å²) in [5, 5.41) is 10.0. The molecule has 0 radical (unpaired) electrons. The molecule has 0 spiro atoms. The van der Waals surface area contributed by atoms with Crippen LogP contribution in [0.5, 0.6) is 0 Å². The van der Waals surface area contributed by atoms with Crippen LogP contribution >= 0.6 is 7.60 Å². The number of nitrogens with one attached hydrogen (secondary N) is 1. The molecule has 0 unspecified atom stereocenters. The van der Waals surface area contributed by atoms with Crippen LogP contribution in [0.2, 0.25) is 0 Å². The highest BCUT2D eigenvalue weighted by atomic mass is 31.2. The van der Waals surface area contributed by atoms with Gasteiger partial charge in [-0.05, 0) is 20.8 Å². The number of nitrogens with zero attached hydrogens (tertiary/aromatic N) is 3. The molecule has 0 aromatic carbocycles. The zero-order chi connectivity index (χ0) is 17.0. The molecule has 1 N–H and O–H groups in total. The Labute approximate surface area is 131 Å². The molecule has 0 amide bonds.